The van der Waals surface area contributed by atoms with Crippen molar-refractivity contribution in [2.75, 3.05) is 138 Å². The average molecular weight is 1590 g/mol. The zero-order chi connectivity index (χ0) is 81.4. The number of aliphatic hydroxyl groups excluding tert-OH is 9. The van der Waals surface area contributed by atoms with E-state index in [2.05, 4.69) is 63.8 Å². The summed E-state index contributed by atoms with van der Waals surface area (Å²) in [6.45, 7) is -0.319. The minimum absolute atomic E-state index is 0.0579. The van der Waals surface area contributed by atoms with Gasteiger partial charge >= 0.3 is 0 Å². The molecule has 0 saturated carbocycles. The lowest BCUT2D eigenvalue weighted by Gasteiger charge is -2.42. The van der Waals surface area contributed by atoms with Crippen molar-refractivity contribution in [1.82, 2.24) is 63.8 Å². The Morgan fingerprint density at radius 2 is 0.609 bits per heavy atom. The Kier molecular flexibility index (Phi) is 48.8. The third-order valence-corrected chi connectivity index (χ3v) is 17.0. The number of carbonyl (C=O) groups is 12. The van der Waals surface area contributed by atoms with Crippen LogP contribution in [-0.2, 0) is 100 Å². The maximum absolute atomic E-state index is 13.6. The summed E-state index contributed by atoms with van der Waals surface area (Å²) < 4.78 is 51.6. The Morgan fingerprint density at radius 1 is 0.336 bits per heavy atom. The van der Waals surface area contributed by atoms with Crippen LogP contribution in [0, 0.1) is 0 Å². The number of amides is 12. The predicted octanol–water partition coefficient (Wildman–Crippen LogP) is -10.5. The van der Waals surface area contributed by atoms with Gasteiger partial charge in [-0.1, -0.05) is 0 Å². The zero-order valence-corrected chi connectivity index (χ0v) is 62.8. The first kappa shape index (κ1) is 97.1. The molecule has 3 fully saturated rings. The van der Waals surface area contributed by atoms with E-state index in [4.69, 9.17) is 48.4 Å². The highest BCUT2D eigenvalue weighted by Crippen LogP contribution is 2.26. The first-order valence-electron chi connectivity index (χ1n) is 37.0. The summed E-state index contributed by atoms with van der Waals surface area (Å²) in [5.41, 5.74) is 3.69. The molecule has 3 heterocycles. The largest absolute Gasteiger partial charge is 0.394 e. The summed E-state index contributed by atoms with van der Waals surface area (Å²) >= 11 is 0. The molecule has 3 aliphatic rings. The molecule has 12 amide bonds. The van der Waals surface area contributed by atoms with E-state index in [-0.39, 0.29) is 135 Å². The highest BCUT2D eigenvalue weighted by molar-refractivity contribution is 5.89. The van der Waals surface area contributed by atoms with Crippen molar-refractivity contribution in [3.63, 3.8) is 0 Å². The van der Waals surface area contributed by atoms with Gasteiger partial charge in [-0.15, -0.1) is 0 Å². The van der Waals surface area contributed by atoms with Crippen molar-refractivity contribution >= 4 is 70.9 Å². The fourth-order valence-corrected chi connectivity index (χ4v) is 11.1. The molecule has 110 heavy (non-hydrogen) atoms. The van der Waals surface area contributed by atoms with Crippen LogP contribution in [0.5, 0.6) is 0 Å². The van der Waals surface area contributed by atoms with Gasteiger partial charge in [-0.3, -0.25) is 57.5 Å². The van der Waals surface area contributed by atoms with Crippen LogP contribution in [-0.4, -0.2) is 353 Å². The molecule has 632 valence electrons. The molecule has 3 aliphatic heterocycles. The van der Waals surface area contributed by atoms with Crippen LogP contribution in [0.1, 0.15) is 117 Å². The second-order valence-corrected chi connectivity index (χ2v) is 26.4. The number of hydrogen-bond donors (Lipinski definition) is 22. The summed E-state index contributed by atoms with van der Waals surface area (Å²) in [6, 6.07) is -3.33. The van der Waals surface area contributed by atoms with Crippen molar-refractivity contribution < 1.29 is 146 Å². The standard InChI is InChI=1S/C67H119N13O30/c1-40(84)77-55-61(99)58(96)43(34-81)108-64(55)105-25-7-4-13-46(87)69-19-10-22-72-49(90)16-28-102-37-67(80-54(95)33-76-53(94)32-75-52(93)31-68,38-103-29-17-50(91)73-23-11-20-70-47(88)14-5-8-26-106-65-56(78-41(2)85)62(100)59(97)44(35-82)109-65)39-104-30-18-51(92)74-24-12-21-71-48(89)15-6-9-27-107-66-57(79-42(3)86)63(101)60(98)45(36-83)110-66/h43-45,55-66,81-83,96-101H,4-39,68H2,1-3H3,(H,69,87)(H,70,88)(H,71,89)(H,72,90)(H,73,91)(H,74,92)(H,75,93)(H,76,94)(H,77,84)(H,78,85)(H,79,86)(H,80,95)/t43-,44-,45-,55-,56-,57-,58+,59+,60+,61-,62-,63-,64-,65-,66?/m1/s1. The second kappa shape index (κ2) is 55.3. The Morgan fingerprint density at radius 3 is 0.882 bits per heavy atom. The number of nitrogens with one attached hydrogen (secondary N) is 12. The Hall–Kier alpha value is -7.12. The molecule has 43 heteroatoms. The smallest absolute Gasteiger partial charge is 0.240 e. The molecular weight excluding hydrogens is 1470 g/mol. The van der Waals surface area contributed by atoms with Gasteiger partial charge in [0.05, 0.1) is 79.1 Å². The molecule has 0 aromatic carbocycles. The lowest BCUT2D eigenvalue weighted by molar-refractivity contribution is -0.270. The SMILES string of the molecule is CC(=O)N[C@H]1[C@H](OCCCCC(=O)NCCCNC(=O)CCOCC(COCCC(=O)NCCCNC(=O)CCCCOC2O[C@H](CO)[C@H](O)[C@H](O)[C@H]2NC(C)=O)(COCCC(=O)NCCCNC(=O)CCCCO[C@@H]2O[C@H](CO)[C@H](O)[C@H](O)[C@H]2NC(C)=O)NC(=O)CNC(=O)CNC(=O)CN)O[C@H](CO)[C@H](O)[C@@H]1O. The number of ether oxygens (including phenoxy) is 9. The maximum atomic E-state index is 13.6. The molecule has 23 N–H and O–H groups in total. The number of aliphatic hydroxyl groups is 9. The summed E-state index contributed by atoms with van der Waals surface area (Å²) in [7, 11) is 0. The fraction of sp³-hybridized carbons (Fsp3) is 0.821. The molecule has 43 nitrogen and oxygen atoms in total. The molecule has 3 rings (SSSR count). The van der Waals surface area contributed by atoms with Crippen LogP contribution < -0.4 is 69.5 Å². The molecule has 0 radical (unpaired) electrons. The molecule has 0 spiro atoms. The van der Waals surface area contributed by atoms with Crippen LogP contribution >= 0.6 is 0 Å². The van der Waals surface area contributed by atoms with Gasteiger partial charge in [0.25, 0.3) is 0 Å². The normalized spacial score (nSPS) is 23.8. The number of rotatable bonds is 57. The lowest BCUT2D eigenvalue weighted by Crippen LogP contribution is -2.64. The molecular formula is C67H119N13O30. The summed E-state index contributed by atoms with van der Waals surface area (Å²) in [5, 5.41) is 122. The summed E-state index contributed by atoms with van der Waals surface area (Å²) in [6.07, 6.45) is -12.7. The predicted molar refractivity (Wildman–Crippen MR) is 380 cm³/mol. The first-order chi connectivity index (χ1) is 52.6. The topological polar surface area (TPSA) is 640 Å². The van der Waals surface area contributed by atoms with Gasteiger partial charge in [0.2, 0.25) is 70.9 Å². The molecule has 0 aromatic heterocycles. The zero-order valence-electron chi connectivity index (χ0n) is 62.8. The van der Waals surface area contributed by atoms with Crippen molar-refractivity contribution in [3.8, 4) is 0 Å². The van der Waals surface area contributed by atoms with Gasteiger partial charge in [0.1, 0.15) is 78.6 Å². The molecule has 15 atom stereocenters. The van der Waals surface area contributed by atoms with E-state index in [9.17, 15) is 103 Å². The quantitative estimate of drug-likeness (QED) is 0.0251. The summed E-state index contributed by atoms with van der Waals surface area (Å²) in [4.78, 5) is 150. The third-order valence-electron chi connectivity index (χ3n) is 17.0. The van der Waals surface area contributed by atoms with Crippen LogP contribution in [0.15, 0.2) is 0 Å². The van der Waals surface area contributed by atoms with Crippen LogP contribution in [0.2, 0.25) is 0 Å². The Bertz CT molecular complexity index is 2550. The Balaban J connectivity index is 1.54. The van der Waals surface area contributed by atoms with Gasteiger partial charge in [-0.25, -0.2) is 0 Å². The van der Waals surface area contributed by atoms with E-state index >= 15 is 0 Å². The van der Waals surface area contributed by atoms with E-state index in [1.807, 2.05) is 0 Å². The van der Waals surface area contributed by atoms with Crippen LogP contribution in [0.25, 0.3) is 0 Å². The highest BCUT2D eigenvalue weighted by atomic mass is 16.7. The number of carbonyl (C=O) groups excluding carboxylic acids is 12. The number of hydrogen-bond acceptors (Lipinski definition) is 31. The van der Waals surface area contributed by atoms with Crippen molar-refractivity contribution in [3.05, 3.63) is 0 Å². The third kappa shape index (κ3) is 39.4. The number of nitrogens with two attached hydrogens (primary N) is 1. The monoisotopic (exact) mass is 1590 g/mol. The minimum atomic E-state index is -1.63. The van der Waals surface area contributed by atoms with Gasteiger partial charge in [0, 0.05) is 118 Å². The Labute approximate surface area is 637 Å². The van der Waals surface area contributed by atoms with Gasteiger partial charge in [-0.2, -0.15) is 0 Å². The second-order valence-electron chi connectivity index (χ2n) is 26.4. The van der Waals surface area contributed by atoms with E-state index in [0.717, 1.165) is 0 Å². The van der Waals surface area contributed by atoms with Crippen molar-refractivity contribution in [2.24, 2.45) is 5.73 Å². The lowest BCUT2D eigenvalue weighted by atomic mass is 9.97. The van der Waals surface area contributed by atoms with Crippen molar-refractivity contribution in [2.45, 2.75) is 215 Å². The van der Waals surface area contributed by atoms with Crippen molar-refractivity contribution in [1.29, 1.82) is 0 Å². The van der Waals surface area contributed by atoms with Crippen LogP contribution in [0.3, 0.4) is 0 Å². The van der Waals surface area contributed by atoms with E-state index in [1.165, 1.54) is 20.8 Å². The van der Waals surface area contributed by atoms with Gasteiger partial charge in [-0.05, 0) is 57.8 Å². The van der Waals surface area contributed by atoms with Gasteiger partial charge < -0.3 is 158 Å². The van der Waals surface area contributed by atoms with Gasteiger partial charge in [0.15, 0.2) is 18.9 Å². The highest BCUT2D eigenvalue weighted by Gasteiger charge is 2.48. The minimum Gasteiger partial charge on any atom is -0.394 e. The molecule has 3 saturated heterocycles. The van der Waals surface area contributed by atoms with E-state index in [0.29, 0.717) is 57.8 Å². The molecule has 1 unspecified atom stereocenters. The van der Waals surface area contributed by atoms with E-state index in [1.54, 1.807) is 0 Å². The maximum Gasteiger partial charge on any atom is 0.240 e. The molecule has 0 aromatic rings. The summed E-state index contributed by atoms with van der Waals surface area (Å²) in [5.74, 6) is -5.87. The average Bonchev–Trinajstić information content (AvgIpc) is 0.820. The first-order valence-corrected chi connectivity index (χ1v) is 37.0. The fourth-order valence-electron chi connectivity index (χ4n) is 11.1. The molecule has 0 aliphatic carbocycles. The molecule has 0 bridgehead atoms. The number of unbranched alkanes of at least 4 members (excludes halogenated alkanes) is 3. The van der Waals surface area contributed by atoms with Crippen LogP contribution in [0.4, 0.5) is 0 Å². The van der Waals surface area contributed by atoms with E-state index < -0.39 is 210 Å².